The zero-order chi connectivity index (χ0) is 23.8. The van der Waals surface area contributed by atoms with Gasteiger partial charge >= 0.3 is 0 Å². The van der Waals surface area contributed by atoms with Gasteiger partial charge in [0.1, 0.15) is 0 Å². The first-order valence-corrected chi connectivity index (χ1v) is 11.4. The zero-order valence-corrected chi connectivity index (χ0v) is 19.5. The van der Waals surface area contributed by atoms with Crippen molar-refractivity contribution in [3.05, 3.63) is 59.5 Å². The summed E-state index contributed by atoms with van der Waals surface area (Å²) in [5.74, 6) is 0.920. The van der Waals surface area contributed by atoms with Crippen molar-refractivity contribution in [3.63, 3.8) is 0 Å². The maximum absolute atomic E-state index is 7.94. The SMILES string of the molecule is CCn1ccc(Nc2ncc3c(n2)-c2c(nn(C)c2-c2ccc(C(C=N)C(C)=N)cc2)CC3)n1. The monoisotopic (exact) mass is 453 g/mol. The van der Waals surface area contributed by atoms with E-state index in [4.69, 9.17) is 20.9 Å². The predicted molar refractivity (Wildman–Crippen MR) is 133 cm³/mol. The van der Waals surface area contributed by atoms with Crippen LogP contribution in [-0.2, 0) is 26.4 Å². The summed E-state index contributed by atoms with van der Waals surface area (Å²) in [6.45, 7) is 4.58. The van der Waals surface area contributed by atoms with Crippen LogP contribution < -0.4 is 5.32 Å². The van der Waals surface area contributed by atoms with E-state index in [2.05, 4.69) is 15.4 Å². The molecule has 0 aliphatic heterocycles. The van der Waals surface area contributed by atoms with Gasteiger partial charge in [-0.1, -0.05) is 24.3 Å². The Kier molecular flexibility index (Phi) is 5.53. The highest BCUT2D eigenvalue weighted by molar-refractivity contribution is 6.00. The van der Waals surface area contributed by atoms with E-state index in [-0.39, 0.29) is 5.92 Å². The van der Waals surface area contributed by atoms with Gasteiger partial charge in [0.25, 0.3) is 0 Å². The molecule has 9 heteroatoms. The number of aromatic nitrogens is 6. The molecule has 1 aliphatic carbocycles. The van der Waals surface area contributed by atoms with Crippen LogP contribution >= 0.6 is 0 Å². The van der Waals surface area contributed by atoms with E-state index in [0.717, 1.165) is 58.7 Å². The molecule has 1 atom stereocenters. The summed E-state index contributed by atoms with van der Waals surface area (Å²) in [6, 6.07) is 9.97. The predicted octanol–water partition coefficient (Wildman–Crippen LogP) is 4.38. The van der Waals surface area contributed by atoms with Gasteiger partial charge in [-0.05, 0) is 37.8 Å². The number of hydrogen-bond acceptors (Lipinski definition) is 7. The topological polar surface area (TPSA) is 121 Å². The molecule has 1 unspecified atom stereocenters. The van der Waals surface area contributed by atoms with E-state index < -0.39 is 0 Å². The van der Waals surface area contributed by atoms with Crippen molar-refractivity contribution in [2.24, 2.45) is 7.05 Å². The third-order valence-electron chi connectivity index (χ3n) is 6.23. The van der Waals surface area contributed by atoms with Gasteiger partial charge in [0.15, 0.2) is 5.82 Å². The van der Waals surface area contributed by atoms with Gasteiger partial charge in [0.2, 0.25) is 5.95 Å². The largest absolute Gasteiger partial charge is 0.312 e. The second-order valence-electron chi connectivity index (χ2n) is 8.49. The van der Waals surface area contributed by atoms with Crippen LogP contribution in [0.3, 0.4) is 0 Å². The summed E-state index contributed by atoms with van der Waals surface area (Å²) in [5, 5.41) is 28.1. The lowest BCUT2D eigenvalue weighted by Crippen LogP contribution is -2.09. The zero-order valence-electron chi connectivity index (χ0n) is 19.5. The fraction of sp³-hybridized carbons (Fsp3) is 0.280. The molecule has 172 valence electrons. The van der Waals surface area contributed by atoms with Crippen LogP contribution in [0.25, 0.3) is 22.5 Å². The third kappa shape index (κ3) is 3.79. The molecular formula is C25H27N9. The molecule has 0 bridgehead atoms. The molecule has 4 aromatic rings. The summed E-state index contributed by atoms with van der Waals surface area (Å²) in [7, 11) is 1.96. The molecule has 34 heavy (non-hydrogen) atoms. The van der Waals surface area contributed by atoms with Crippen molar-refractivity contribution in [1.29, 1.82) is 10.8 Å². The Morgan fingerprint density at radius 2 is 1.97 bits per heavy atom. The minimum Gasteiger partial charge on any atom is -0.312 e. The summed E-state index contributed by atoms with van der Waals surface area (Å²) in [5.41, 5.74) is 7.47. The Balaban J connectivity index is 1.54. The molecular weight excluding hydrogens is 426 g/mol. The maximum Gasteiger partial charge on any atom is 0.228 e. The van der Waals surface area contributed by atoms with Crippen molar-refractivity contribution >= 4 is 23.7 Å². The highest BCUT2D eigenvalue weighted by atomic mass is 15.3. The minimum absolute atomic E-state index is 0.298. The summed E-state index contributed by atoms with van der Waals surface area (Å²) in [4.78, 5) is 9.41. The molecule has 3 aromatic heterocycles. The lowest BCUT2D eigenvalue weighted by atomic mass is 9.90. The Morgan fingerprint density at radius 1 is 1.18 bits per heavy atom. The number of anilines is 2. The van der Waals surface area contributed by atoms with Crippen molar-refractivity contribution in [1.82, 2.24) is 29.5 Å². The molecule has 0 saturated heterocycles. The van der Waals surface area contributed by atoms with Crippen molar-refractivity contribution in [3.8, 4) is 22.5 Å². The van der Waals surface area contributed by atoms with Gasteiger partial charge in [0, 0.05) is 55.1 Å². The Morgan fingerprint density at radius 3 is 2.65 bits per heavy atom. The van der Waals surface area contributed by atoms with E-state index in [1.54, 1.807) is 6.92 Å². The van der Waals surface area contributed by atoms with Gasteiger partial charge in [-0.2, -0.15) is 10.2 Å². The summed E-state index contributed by atoms with van der Waals surface area (Å²) in [6.07, 6.45) is 6.82. The molecule has 0 fully saturated rings. The first-order valence-electron chi connectivity index (χ1n) is 11.4. The number of hydrogen-bond donors (Lipinski definition) is 3. The molecule has 3 N–H and O–H groups in total. The quantitative estimate of drug-likeness (QED) is 0.359. The van der Waals surface area contributed by atoms with Crippen LogP contribution in [0.15, 0.2) is 42.7 Å². The van der Waals surface area contributed by atoms with Crippen LogP contribution in [0.5, 0.6) is 0 Å². The minimum atomic E-state index is -0.298. The number of nitrogens with one attached hydrogen (secondary N) is 3. The van der Waals surface area contributed by atoms with Gasteiger partial charge in [-0.15, -0.1) is 0 Å². The molecule has 0 saturated carbocycles. The second-order valence-corrected chi connectivity index (χ2v) is 8.49. The highest BCUT2D eigenvalue weighted by Gasteiger charge is 2.27. The van der Waals surface area contributed by atoms with Gasteiger partial charge in [-0.3, -0.25) is 9.36 Å². The number of benzene rings is 1. The molecule has 9 nitrogen and oxygen atoms in total. The molecule has 0 radical (unpaired) electrons. The van der Waals surface area contributed by atoms with Gasteiger partial charge in [0.05, 0.1) is 23.0 Å². The van der Waals surface area contributed by atoms with Crippen LogP contribution in [0.1, 0.15) is 36.6 Å². The Bertz CT molecular complexity index is 1380. The van der Waals surface area contributed by atoms with Crippen molar-refractivity contribution < 1.29 is 0 Å². The molecule has 5 rings (SSSR count). The lowest BCUT2D eigenvalue weighted by Gasteiger charge is -2.17. The molecule has 0 amide bonds. The number of aryl methyl sites for hydroxylation is 4. The van der Waals surface area contributed by atoms with Crippen molar-refractivity contribution in [2.45, 2.75) is 39.2 Å². The molecule has 1 aliphatic rings. The third-order valence-corrected chi connectivity index (χ3v) is 6.23. The van der Waals surface area contributed by atoms with Crippen LogP contribution in [0.2, 0.25) is 0 Å². The summed E-state index contributed by atoms with van der Waals surface area (Å²) >= 11 is 0. The van der Waals surface area contributed by atoms with E-state index >= 15 is 0 Å². The number of nitrogens with zero attached hydrogens (tertiary/aromatic N) is 6. The standard InChI is InChI=1S/C25H27N9/c1-4-34-12-11-21(32-34)29-25-28-14-18-9-10-20-22(23(18)30-25)24(33(3)31-20)17-7-5-16(6-8-17)19(13-26)15(2)27/h5-8,11-14,19,26-27H,4,9-10H2,1-3H3,(H,28,29,30,32). The van der Waals surface area contributed by atoms with Crippen LogP contribution in [-0.4, -0.2) is 41.5 Å². The average Bonchev–Trinajstić information content (AvgIpc) is 3.43. The van der Waals surface area contributed by atoms with Gasteiger partial charge in [-0.25, -0.2) is 9.97 Å². The Hall–Kier alpha value is -4.14. The highest BCUT2D eigenvalue weighted by Crippen LogP contribution is 2.39. The molecule has 0 spiro atoms. The second kappa shape index (κ2) is 8.66. The van der Waals surface area contributed by atoms with Crippen molar-refractivity contribution in [2.75, 3.05) is 5.32 Å². The van der Waals surface area contributed by atoms with Gasteiger partial charge < -0.3 is 16.1 Å². The summed E-state index contributed by atoms with van der Waals surface area (Å²) < 4.78 is 3.77. The van der Waals surface area contributed by atoms with E-state index in [0.29, 0.717) is 17.5 Å². The van der Waals surface area contributed by atoms with E-state index in [1.165, 1.54) is 6.21 Å². The smallest absolute Gasteiger partial charge is 0.228 e. The van der Waals surface area contributed by atoms with E-state index in [1.807, 2.05) is 66.1 Å². The Labute approximate surface area is 197 Å². The lowest BCUT2D eigenvalue weighted by molar-refractivity contribution is 0.662. The number of fused-ring (bicyclic) bond motifs is 3. The normalized spacial score (nSPS) is 13.1. The van der Waals surface area contributed by atoms with E-state index in [9.17, 15) is 0 Å². The number of rotatable bonds is 7. The first kappa shape index (κ1) is 21.7. The first-order chi connectivity index (χ1) is 16.5. The fourth-order valence-corrected chi connectivity index (χ4v) is 4.49. The molecule has 3 heterocycles. The molecule has 1 aromatic carbocycles. The maximum atomic E-state index is 7.94. The fourth-order valence-electron chi connectivity index (χ4n) is 4.49. The van der Waals surface area contributed by atoms with Crippen LogP contribution in [0, 0.1) is 10.8 Å². The van der Waals surface area contributed by atoms with Crippen LogP contribution in [0.4, 0.5) is 11.8 Å². The average molecular weight is 454 g/mol.